The number of carbonyl (C=O) groups is 3. The molecule has 7 nitrogen and oxygen atoms in total. The largest absolute Gasteiger partial charge is 0.480 e. The highest BCUT2D eigenvalue weighted by atomic mass is 35.5. The molecule has 178 valence electrons. The molecular formula is C27H23ClN2O5. The number of benzene rings is 3. The highest BCUT2D eigenvalue weighted by molar-refractivity contribution is 6.31. The quantitative estimate of drug-likeness (QED) is 0.364. The SMILES string of the molecule is C=CCC(NC(=O)c1cc(Cl)cc(NC(=O)OCC2c3ccccc3-c3ccccc32)c1)C(=O)O. The first-order chi connectivity index (χ1) is 16.9. The Bertz CT molecular complexity index is 1260. The highest BCUT2D eigenvalue weighted by Gasteiger charge is 2.29. The molecule has 8 heteroatoms. The molecule has 0 bridgehead atoms. The first-order valence-electron chi connectivity index (χ1n) is 10.9. The Morgan fingerprint density at radius 2 is 1.66 bits per heavy atom. The van der Waals surface area contributed by atoms with Crippen molar-refractivity contribution in [3.05, 3.63) is 101 Å². The zero-order valence-electron chi connectivity index (χ0n) is 18.7. The number of aliphatic carboxylic acids is 1. The number of fused-ring (bicyclic) bond motifs is 3. The molecule has 35 heavy (non-hydrogen) atoms. The summed E-state index contributed by atoms with van der Waals surface area (Å²) < 4.78 is 5.53. The monoisotopic (exact) mass is 490 g/mol. The number of amides is 2. The lowest BCUT2D eigenvalue weighted by Gasteiger charge is -2.15. The van der Waals surface area contributed by atoms with E-state index in [4.69, 9.17) is 16.3 Å². The van der Waals surface area contributed by atoms with Crippen LogP contribution in [0.25, 0.3) is 11.1 Å². The van der Waals surface area contributed by atoms with Crippen molar-refractivity contribution < 1.29 is 24.2 Å². The molecule has 1 aliphatic carbocycles. The maximum atomic E-state index is 12.6. The Kier molecular flexibility index (Phi) is 7.17. The zero-order valence-corrected chi connectivity index (χ0v) is 19.4. The summed E-state index contributed by atoms with van der Waals surface area (Å²) in [6.45, 7) is 3.63. The van der Waals surface area contributed by atoms with E-state index in [0.717, 1.165) is 22.3 Å². The number of carboxylic acids is 1. The van der Waals surface area contributed by atoms with Gasteiger partial charge in [-0.3, -0.25) is 10.1 Å². The third-order valence-electron chi connectivity index (χ3n) is 5.76. The fourth-order valence-corrected chi connectivity index (χ4v) is 4.41. The number of rotatable bonds is 8. The van der Waals surface area contributed by atoms with Crippen molar-refractivity contribution in [2.24, 2.45) is 0 Å². The van der Waals surface area contributed by atoms with Gasteiger partial charge in [-0.05, 0) is 46.9 Å². The van der Waals surface area contributed by atoms with Crippen molar-refractivity contribution in [2.75, 3.05) is 11.9 Å². The van der Waals surface area contributed by atoms with E-state index in [9.17, 15) is 19.5 Å². The predicted molar refractivity (Wildman–Crippen MR) is 134 cm³/mol. The van der Waals surface area contributed by atoms with E-state index in [1.54, 1.807) is 0 Å². The zero-order chi connectivity index (χ0) is 24.9. The minimum Gasteiger partial charge on any atom is -0.480 e. The summed E-state index contributed by atoms with van der Waals surface area (Å²) in [5, 5.41) is 14.4. The van der Waals surface area contributed by atoms with Crippen molar-refractivity contribution in [3.63, 3.8) is 0 Å². The van der Waals surface area contributed by atoms with Crippen LogP contribution < -0.4 is 10.6 Å². The lowest BCUT2D eigenvalue weighted by molar-refractivity contribution is -0.139. The van der Waals surface area contributed by atoms with Crippen molar-refractivity contribution in [3.8, 4) is 11.1 Å². The molecular weight excluding hydrogens is 468 g/mol. The molecule has 0 heterocycles. The Hall–Kier alpha value is -4.10. The van der Waals surface area contributed by atoms with Crippen LogP contribution in [0.5, 0.6) is 0 Å². The molecule has 1 unspecified atom stereocenters. The lowest BCUT2D eigenvalue weighted by Crippen LogP contribution is -2.40. The van der Waals surface area contributed by atoms with Crippen LogP contribution in [-0.2, 0) is 9.53 Å². The third kappa shape index (κ3) is 5.36. The minimum atomic E-state index is -1.18. The van der Waals surface area contributed by atoms with E-state index < -0.39 is 24.0 Å². The molecule has 3 N–H and O–H groups in total. The molecule has 1 atom stereocenters. The second-order valence-corrected chi connectivity index (χ2v) is 8.50. The Morgan fingerprint density at radius 3 is 2.26 bits per heavy atom. The van der Waals surface area contributed by atoms with Crippen LogP contribution in [0.2, 0.25) is 5.02 Å². The van der Waals surface area contributed by atoms with E-state index in [1.165, 1.54) is 24.3 Å². The first kappa shape index (κ1) is 24.0. The lowest BCUT2D eigenvalue weighted by atomic mass is 9.98. The number of hydrogen-bond donors (Lipinski definition) is 3. The molecule has 0 aromatic heterocycles. The van der Waals surface area contributed by atoms with Gasteiger partial charge in [0.1, 0.15) is 12.6 Å². The van der Waals surface area contributed by atoms with Gasteiger partial charge in [0.25, 0.3) is 5.91 Å². The first-order valence-corrected chi connectivity index (χ1v) is 11.3. The summed E-state index contributed by atoms with van der Waals surface area (Å²) in [5.74, 6) is -1.92. The van der Waals surface area contributed by atoms with Crippen LogP contribution in [0.15, 0.2) is 79.4 Å². The average Bonchev–Trinajstić information content (AvgIpc) is 3.15. The van der Waals surface area contributed by atoms with E-state index in [2.05, 4.69) is 29.3 Å². The molecule has 0 saturated heterocycles. The van der Waals surface area contributed by atoms with Gasteiger partial charge < -0.3 is 15.2 Å². The van der Waals surface area contributed by atoms with Gasteiger partial charge in [-0.2, -0.15) is 0 Å². The number of carbonyl (C=O) groups excluding carboxylic acids is 2. The molecule has 3 aromatic rings. The molecule has 3 aromatic carbocycles. The average molecular weight is 491 g/mol. The van der Waals surface area contributed by atoms with E-state index in [-0.39, 0.29) is 35.2 Å². The second kappa shape index (κ2) is 10.4. The van der Waals surface area contributed by atoms with Crippen LogP contribution >= 0.6 is 11.6 Å². The van der Waals surface area contributed by atoms with Gasteiger partial charge in [0, 0.05) is 22.2 Å². The summed E-state index contributed by atoms with van der Waals surface area (Å²) in [7, 11) is 0. The predicted octanol–water partition coefficient (Wildman–Crippen LogP) is 5.46. The van der Waals surface area contributed by atoms with Crippen LogP contribution in [-0.4, -0.2) is 35.7 Å². The summed E-state index contributed by atoms with van der Waals surface area (Å²) in [4.78, 5) is 36.4. The van der Waals surface area contributed by atoms with Crippen LogP contribution in [0, 0.1) is 0 Å². The van der Waals surface area contributed by atoms with E-state index >= 15 is 0 Å². The molecule has 1 aliphatic rings. The van der Waals surface area contributed by atoms with Crippen molar-refractivity contribution >= 4 is 35.3 Å². The van der Waals surface area contributed by atoms with Gasteiger partial charge in [0.05, 0.1) is 0 Å². The van der Waals surface area contributed by atoms with Crippen molar-refractivity contribution in [1.82, 2.24) is 5.32 Å². The summed E-state index contributed by atoms with van der Waals surface area (Å²) in [6, 6.07) is 19.2. The molecule has 0 radical (unpaired) electrons. The van der Waals surface area contributed by atoms with E-state index in [0.29, 0.717) is 0 Å². The third-order valence-corrected chi connectivity index (χ3v) is 5.97. The number of carboxylic acid groups (broad SMARTS) is 1. The maximum Gasteiger partial charge on any atom is 0.411 e. The van der Waals surface area contributed by atoms with Crippen LogP contribution in [0.3, 0.4) is 0 Å². The normalized spacial score (nSPS) is 12.7. The topological polar surface area (TPSA) is 105 Å². The van der Waals surface area contributed by atoms with Gasteiger partial charge in [-0.1, -0.05) is 66.2 Å². The van der Waals surface area contributed by atoms with Gasteiger partial charge in [-0.25, -0.2) is 9.59 Å². The number of halogens is 1. The number of hydrogen-bond acceptors (Lipinski definition) is 4. The molecule has 0 spiro atoms. The fourth-order valence-electron chi connectivity index (χ4n) is 4.17. The van der Waals surface area contributed by atoms with Gasteiger partial charge in [-0.15, -0.1) is 6.58 Å². The molecule has 0 aliphatic heterocycles. The van der Waals surface area contributed by atoms with Gasteiger partial charge in [0.15, 0.2) is 0 Å². The minimum absolute atomic E-state index is 0.0620. The number of anilines is 1. The molecule has 0 saturated carbocycles. The fraction of sp³-hybridized carbons (Fsp3) is 0.148. The Morgan fingerprint density at radius 1 is 1.03 bits per heavy atom. The number of nitrogens with one attached hydrogen (secondary N) is 2. The maximum absolute atomic E-state index is 12.6. The smallest absolute Gasteiger partial charge is 0.411 e. The summed E-state index contributed by atoms with van der Waals surface area (Å²) >= 11 is 6.13. The molecule has 2 amide bonds. The van der Waals surface area contributed by atoms with Gasteiger partial charge in [0.2, 0.25) is 0 Å². The highest BCUT2D eigenvalue weighted by Crippen LogP contribution is 2.44. The van der Waals surface area contributed by atoms with Gasteiger partial charge >= 0.3 is 12.1 Å². The Labute approximate surface area is 207 Å². The summed E-state index contributed by atoms with van der Waals surface area (Å²) in [5.41, 5.74) is 4.78. The standard InChI is InChI=1S/C27H23ClN2O5/c1-2-7-24(26(32)33)30-25(31)16-12-17(28)14-18(13-16)29-27(34)35-15-23-21-10-5-3-8-19(21)20-9-4-6-11-22(20)23/h2-6,8-14,23-24H,1,7,15H2,(H,29,34)(H,30,31)(H,32,33). The second-order valence-electron chi connectivity index (χ2n) is 8.07. The van der Waals surface area contributed by atoms with Crippen LogP contribution in [0.1, 0.15) is 33.8 Å². The van der Waals surface area contributed by atoms with Crippen LogP contribution in [0.4, 0.5) is 10.5 Å². The summed E-state index contributed by atoms with van der Waals surface area (Å²) in [6.07, 6.45) is 0.767. The van der Waals surface area contributed by atoms with Crippen molar-refractivity contribution in [1.29, 1.82) is 0 Å². The number of ether oxygens (including phenoxy) is 1. The Balaban J connectivity index is 1.44. The van der Waals surface area contributed by atoms with Crippen molar-refractivity contribution in [2.45, 2.75) is 18.4 Å². The van der Waals surface area contributed by atoms with E-state index in [1.807, 2.05) is 36.4 Å². The molecule has 4 rings (SSSR count). The molecule has 0 fully saturated rings.